The molecule has 1 amide bonds. The van der Waals surface area contributed by atoms with Gasteiger partial charge in [0.15, 0.2) is 0 Å². The smallest absolute Gasteiger partial charge is 0.249 e. The van der Waals surface area contributed by atoms with Gasteiger partial charge in [0.1, 0.15) is 12.2 Å². The third-order valence-electron chi connectivity index (χ3n) is 13.2. The Kier molecular flexibility index (Phi) is 49.3. The largest absolute Gasteiger partial charge is 0.394 e. The molecule has 6 heteroatoms. The SMILES string of the molecule is CCCCCCCCCCCCCC/C=C\CCCCCCCCCCCCCC(O)C(=O)NC(CO)C(O)C(O)CCCCCCCCCCCCCCCCCCCC. The predicted molar refractivity (Wildman–Crippen MR) is 265 cm³/mol. The molecular weight excluding hydrogens is 755 g/mol. The summed E-state index contributed by atoms with van der Waals surface area (Å²) >= 11 is 0. The van der Waals surface area contributed by atoms with Gasteiger partial charge in [0.25, 0.3) is 0 Å². The first-order valence-electron chi connectivity index (χ1n) is 27.6. The van der Waals surface area contributed by atoms with Crippen LogP contribution in [0.1, 0.15) is 303 Å². The summed E-state index contributed by atoms with van der Waals surface area (Å²) in [5, 5.41) is 44.0. The minimum absolute atomic E-state index is 0.372. The second-order valence-corrected chi connectivity index (χ2v) is 19.3. The van der Waals surface area contributed by atoms with E-state index in [2.05, 4.69) is 31.3 Å². The number of unbranched alkanes of at least 4 members (excludes halogenated alkanes) is 40. The van der Waals surface area contributed by atoms with Crippen LogP contribution in [0.2, 0.25) is 0 Å². The fourth-order valence-corrected chi connectivity index (χ4v) is 8.87. The van der Waals surface area contributed by atoms with E-state index in [1.165, 1.54) is 238 Å². The lowest BCUT2D eigenvalue weighted by Gasteiger charge is -2.27. The molecule has 0 aromatic heterocycles. The summed E-state index contributed by atoms with van der Waals surface area (Å²) in [6.07, 6.45) is 58.4. The number of hydrogen-bond donors (Lipinski definition) is 5. The maximum Gasteiger partial charge on any atom is 0.249 e. The second-order valence-electron chi connectivity index (χ2n) is 19.3. The molecule has 0 aliphatic heterocycles. The Hall–Kier alpha value is -0.950. The van der Waals surface area contributed by atoms with E-state index in [-0.39, 0.29) is 0 Å². The van der Waals surface area contributed by atoms with Crippen LogP contribution in [0, 0.1) is 0 Å². The summed E-state index contributed by atoms with van der Waals surface area (Å²) in [7, 11) is 0. The van der Waals surface area contributed by atoms with Crippen LogP contribution in [0.3, 0.4) is 0 Å². The molecule has 0 spiro atoms. The van der Waals surface area contributed by atoms with Gasteiger partial charge in [-0.3, -0.25) is 4.79 Å². The molecule has 364 valence electrons. The van der Waals surface area contributed by atoms with Gasteiger partial charge in [-0.25, -0.2) is 0 Å². The minimum Gasteiger partial charge on any atom is -0.394 e. The number of carbonyl (C=O) groups excluding carboxylic acids is 1. The van der Waals surface area contributed by atoms with Gasteiger partial charge in [-0.15, -0.1) is 0 Å². The molecule has 4 unspecified atom stereocenters. The first-order chi connectivity index (χ1) is 30.0. The average Bonchev–Trinajstić information content (AvgIpc) is 3.26. The number of carbonyl (C=O) groups is 1. The van der Waals surface area contributed by atoms with Crippen molar-refractivity contribution in [2.75, 3.05) is 6.61 Å². The van der Waals surface area contributed by atoms with Crippen molar-refractivity contribution in [3.63, 3.8) is 0 Å². The van der Waals surface area contributed by atoms with Gasteiger partial charge in [0, 0.05) is 0 Å². The number of amides is 1. The van der Waals surface area contributed by atoms with Crippen LogP contribution in [0.4, 0.5) is 0 Å². The van der Waals surface area contributed by atoms with Crippen molar-refractivity contribution in [2.45, 2.75) is 327 Å². The molecule has 0 saturated carbocycles. The highest BCUT2D eigenvalue weighted by atomic mass is 16.3. The summed E-state index contributed by atoms with van der Waals surface area (Å²) in [5.41, 5.74) is 0. The van der Waals surface area contributed by atoms with E-state index in [0.717, 1.165) is 38.5 Å². The lowest BCUT2D eigenvalue weighted by Crippen LogP contribution is -2.53. The van der Waals surface area contributed by atoms with E-state index in [9.17, 15) is 25.2 Å². The topological polar surface area (TPSA) is 110 Å². The Morgan fingerprint density at radius 3 is 0.951 bits per heavy atom. The lowest BCUT2D eigenvalue weighted by atomic mass is 9.99. The maximum absolute atomic E-state index is 12.6. The number of rotatable bonds is 51. The van der Waals surface area contributed by atoms with E-state index in [1.54, 1.807) is 0 Å². The minimum atomic E-state index is -1.26. The number of hydrogen-bond acceptors (Lipinski definition) is 5. The van der Waals surface area contributed by atoms with Crippen LogP contribution < -0.4 is 5.32 Å². The van der Waals surface area contributed by atoms with Crippen molar-refractivity contribution in [1.82, 2.24) is 5.32 Å². The summed E-state index contributed by atoms with van der Waals surface area (Å²) < 4.78 is 0. The fourth-order valence-electron chi connectivity index (χ4n) is 8.87. The molecule has 0 heterocycles. The van der Waals surface area contributed by atoms with Gasteiger partial charge in [0.2, 0.25) is 5.91 Å². The standard InChI is InChI=1S/C55H109NO5/c1-3-5-7-9-11-13-15-17-19-21-23-24-25-26-27-28-29-30-31-33-35-37-39-41-43-45-47-49-53(59)55(61)56-51(50-57)54(60)52(58)48-46-44-42-40-38-36-34-32-22-20-18-16-14-12-10-8-6-4-2/h26-27,51-54,57-60H,3-25,28-50H2,1-2H3,(H,56,61)/b27-26-. The zero-order valence-electron chi connectivity index (χ0n) is 41.2. The molecule has 0 rings (SSSR count). The van der Waals surface area contributed by atoms with Crippen molar-refractivity contribution in [3.05, 3.63) is 12.2 Å². The van der Waals surface area contributed by atoms with E-state index in [0.29, 0.717) is 12.8 Å². The van der Waals surface area contributed by atoms with Gasteiger partial charge >= 0.3 is 0 Å². The zero-order valence-corrected chi connectivity index (χ0v) is 41.2. The lowest BCUT2D eigenvalue weighted by molar-refractivity contribution is -0.132. The zero-order chi connectivity index (χ0) is 44.5. The molecule has 0 radical (unpaired) electrons. The summed E-state index contributed by atoms with van der Waals surface area (Å²) in [5.74, 6) is -0.579. The summed E-state index contributed by atoms with van der Waals surface area (Å²) in [4.78, 5) is 12.6. The summed E-state index contributed by atoms with van der Waals surface area (Å²) in [6, 6.07) is -0.983. The van der Waals surface area contributed by atoms with Gasteiger partial charge in [-0.2, -0.15) is 0 Å². The van der Waals surface area contributed by atoms with Crippen molar-refractivity contribution in [2.24, 2.45) is 0 Å². The van der Waals surface area contributed by atoms with Crippen molar-refractivity contribution < 1.29 is 25.2 Å². The Morgan fingerprint density at radius 1 is 0.393 bits per heavy atom. The Morgan fingerprint density at radius 2 is 0.656 bits per heavy atom. The molecule has 6 nitrogen and oxygen atoms in total. The van der Waals surface area contributed by atoms with Crippen LogP contribution in [0.5, 0.6) is 0 Å². The second kappa shape index (κ2) is 50.1. The van der Waals surface area contributed by atoms with E-state index in [1.807, 2.05) is 0 Å². The van der Waals surface area contributed by atoms with Crippen LogP contribution in [0.15, 0.2) is 12.2 Å². The molecule has 4 atom stereocenters. The van der Waals surface area contributed by atoms with Gasteiger partial charge in [0.05, 0.1) is 18.8 Å². The third kappa shape index (κ3) is 44.1. The summed E-state index contributed by atoms with van der Waals surface area (Å²) in [6.45, 7) is 4.09. The Labute approximate surface area is 381 Å². The molecule has 5 N–H and O–H groups in total. The van der Waals surface area contributed by atoms with Crippen molar-refractivity contribution in [3.8, 4) is 0 Å². The average molecular weight is 864 g/mol. The highest BCUT2D eigenvalue weighted by Crippen LogP contribution is 2.18. The predicted octanol–water partition coefficient (Wildman–Crippen LogP) is 15.7. The fraction of sp³-hybridized carbons (Fsp3) is 0.945. The molecule has 0 aromatic carbocycles. The van der Waals surface area contributed by atoms with Gasteiger partial charge in [-0.1, -0.05) is 276 Å². The highest BCUT2D eigenvalue weighted by Gasteiger charge is 2.28. The van der Waals surface area contributed by atoms with E-state index in [4.69, 9.17) is 0 Å². The number of aliphatic hydroxyl groups is 4. The van der Waals surface area contributed by atoms with Crippen LogP contribution in [-0.4, -0.2) is 57.3 Å². The number of nitrogens with one attached hydrogen (secondary N) is 1. The van der Waals surface area contributed by atoms with E-state index < -0.39 is 36.9 Å². The monoisotopic (exact) mass is 864 g/mol. The first-order valence-corrected chi connectivity index (χ1v) is 27.6. The quantitative estimate of drug-likeness (QED) is 0.0309. The molecule has 0 saturated heterocycles. The molecule has 61 heavy (non-hydrogen) atoms. The highest BCUT2D eigenvalue weighted by molar-refractivity contribution is 5.80. The van der Waals surface area contributed by atoms with Crippen LogP contribution >= 0.6 is 0 Å². The van der Waals surface area contributed by atoms with Gasteiger partial charge in [-0.05, 0) is 38.5 Å². The molecular formula is C55H109NO5. The van der Waals surface area contributed by atoms with Crippen LogP contribution in [-0.2, 0) is 4.79 Å². The first kappa shape index (κ1) is 60.1. The molecule has 0 aliphatic carbocycles. The number of allylic oxidation sites excluding steroid dienone is 2. The van der Waals surface area contributed by atoms with E-state index >= 15 is 0 Å². The molecule has 0 bridgehead atoms. The molecule has 0 fully saturated rings. The maximum atomic E-state index is 12.6. The Bertz CT molecular complexity index is 882. The number of aliphatic hydroxyl groups excluding tert-OH is 4. The van der Waals surface area contributed by atoms with Crippen molar-refractivity contribution >= 4 is 5.91 Å². The van der Waals surface area contributed by atoms with Gasteiger partial charge < -0.3 is 25.7 Å². The van der Waals surface area contributed by atoms with Crippen molar-refractivity contribution in [1.29, 1.82) is 0 Å². The normalized spacial score (nSPS) is 13.9. The third-order valence-corrected chi connectivity index (χ3v) is 13.2. The van der Waals surface area contributed by atoms with Crippen LogP contribution in [0.25, 0.3) is 0 Å². The molecule has 0 aromatic rings. The Balaban J connectivity index is 3.61. The molecule has 0 aliphatic rings.